The molecule has 0 radical (unpaired) electrons. The van der Waals surface area contributed by atoms with E-state index in [0.717, 1.165) is 12.1 Å². The maximum absolute atomic E-state index is 12.1. The highest BCUT2D eigenvalue weighted by molar-refractivity contribution is 8.76. The number of hydrogen-bond donors (Lipinski definition) is 2. The summed E-state index contributed by atoms with van der Waals surface area (Å²) in [4.78, 5) is 47.1. The molecule has 0 aliphatic carbocycles. The molecule has 8 nitrogen and oxygen atoms in total. The highest BCUT2D eigenvalue weighted by atomic mass is 33.1. The quantitative estimate of drug-likeness (QED) is 0.140. The largest absolute Gasteiger partial charge is 0.467 e. The fourth-order valence-electron chi connectivity index (χ4n) is 1.82. The zero-order valence-electron chi connectivity index (χ0n) is 17.5. The Hall–Kier alpha value is -1.72. The van der Waals surface area contributed by atoms with Crippen LogP contribution in [0.5, 0.6) is 0 Å². The minimum Gasteiger partial charge on any atom is -0.467 e. The van der Waals surface area contributed by atoms with Crippen molar-refractivity contribution in [3.8, 4) is 0 Å². The summed E-state index contributed by atoms with van der Waals surface area (Å²) in [5.74, 6) is -1.55. The lowest BCUT2D eigenvalue weighted by Gasteiger charge is -2.17. The molecule has 0 aromatic rings. The molecule has 0 aromatic heterocycles. The van der Waals surface area contributed by atoms with Crippen LogP contribution in [0.2, 0.25) is 25.7 Å². The van der Waals surface area contributed by atoms with Crippen LogP contribution in [0.15, 0.2) is 24.8 Å². The number of esters is 2. The van der Waals surface area contributed by atoms with Gasteiger partial charge in [-0.05, 0) is 18.2 Å². The smallest absolute Gasteiger partial charge is 0.329 e. The van der Waals surface area contributed by atoms with E-state index >= 15 is 0 Å². The topological polar surface area (TPSA) is 111 Å². The SMILES string of the molecule is C=CC(=O)N[C@@H](CSSC[C@H](NC(=O)/C=C/C[Si](C)(C)C)C(=O)OC)C(=O)OC. The predicted octanol–water partition coefficient (Wildman–Crippen LogP) is 1.76. The van der Waals surface area contributed by atoms with Crippen molar-refractivity contribution in [3.63, 3.8) is 0 Å². The lowest BCUT2D eigenvalue weighted by molar-refractivity contribution is -0.144. The van der Waals surface area contributed by atoms with E-state index in [9.17, 15) is 19.2 Å². The van der Waals surface area contributed by atoms with E-state index in [1.165, 1.54) is 41.9 Å². The van der Waals surface area contributed by atoms with Crippen molar-refractivity contribution < 1.29 is 28.7 Å². The average molecular weight is 463 g/mol. The van der Waals surface area contributed by atoms with E-state index in [0.29, 0.717) is 0 Å². The normalized spacial score (nSPS) is 13.3. The summed E-state index contributed by atoms with van der Waals surface area (Å²) in [5, 5.41) is 5.10. The Morgan fingerprint density at radius 2 is 1.38 bits per heavy atom. The number of carbonyl (C=O) groups is 4. The van der Waals surface area contributed by atoms with Crippen molar-refractivity contribution in [2.45, 2.75) is 37.8 Å². The second kappa shape index (κ2) is 14.3. The molecule has 0 saturated heterocycles. The van der Waals surface area contributed by atoms with Crippen LogP contribution in [0.3, 0.4) is 0 Å². The predicted molar refractivity (Wildman–Crippen MR) is 120 cm³/mol. The molecule has 0 saturated carbocycles. The number of methoxy groups -OCH3 is 2. The maximum Gasteiger partial charge on any atom is 0.329 e. The molecule has 0 aliphatic rings. The molecule has 2 atom stereocenters. The van der Waals surface area contributed by atoms with Crippen LogP contribution in [-0.2, 0) is 28.7 Å². The lowest BCUT2D eigenvalue weighted by Crippen LogP contribution is -2.43. The maximum atomic E-state index is 12.1. The van der Waals surface area contributed by atoms with Crippen LogP contribution in [-0.4, -0.2) is 69.6 Å². The number of carbonyl (C=O) groups excluding carboxylic acids is 4. The van der Waals surface area contributed by atoms with E-state index in [-0.39, 0.29) is 17.4 Å². The first kappa shape index (κ1) is 27.3. The monoisotopic (exact) mass is 462 g/mol. The van der Waals surface area contributed by atoms with Crippen LogP contribution in [0.1, 0.15) is 0 Å². The first-order valence-corrected chi connectivity index (χ1v) is 15.0. The van der Waals surface area contributed by atoms with Gasteiger partial charge in [0.1, 0.15) is 12.1 Å². The van der Waals surface area contributed by atoms with Crippen LogP contribution in [0.25, 0.3) is 0 Å². The number of hydrogen-bond acceptors (Lipinski definition) is 8. The van der Waals surface area contributed by atoms with Crippen molar-refractivity contribution in [1.29, 1.82) is 0 Å². The van der Waals surface area contributed by atoms with Gasteiger partial charge in [-0.1, -0.05) is 53.9 Å². The average Bonchev–Trinajstić information content (AvgIpc) is 2.66. The van der Waals surface area contributed by atoms with E-state index in [1.807, 2.05) is 6.08 Å². The fourth-order valence-corrected chi connectivity index (χ4v) is 4.95. The van der Waals surface area contributed by atoms with Crippen LogP contribution in [0.4, 0.5) is 0 Å². The van der Waals surface area contributed by atoms with Crippen molar-refractivity contribution in [3.05, 3.63) is 24.8 Å². The molecule has 0 rings (SSSR count). The van der Waals surface area contributed by atoms with Gasteiger partial charge < -0.3 is 20.1 Å². The molecule has 0 fully saturated rings. The second-order valence-corrected chi connectivity index (χ2v) is 15.2. The van der Waals surface area contributed by atoms with Gasteiger partial charge in [-0.3, -0.25) is 9.59 Å². The first-order valence-electron chi connectivity index (χ1n) is 8.84. The number of rotatable bonds is 13. The Morgan fingerprint density at radius 3 is 1.76 bits per heavy atom. The molecule has 0 unspecified atom stereocenters. The Kier molecular flexibility index (Phi) is 13.4. The summed E-state index contributed by atoms with van der Waals surface area (Å²) in [6.07, 6.45) is 4.32. The Balaban J connectivity index is 4.66. The Labute approximate surface area is 181 Å². The number of allylic oxidation sites excluding steroid dienone is 1. The number of ether oxygens (including phenoxy) is 2. The molecule has 29 heavy (non-hydrogen) atoms. The Bertz CT molecular complexity index is 622. The van der Waals surface area contributed by atoms with Gasteiger partial charge in [0.25, 0.3) is 0 Å². The van der Waals surface area contributed by atoms with E-state index in [4.69, 9.17) is 4.74 Å². The third kappa shape index (κ3) is 13.2. The minimum absolute atomic E-state index is 0.217. The van der Waals surface area contributed by atoms with Gasteiger partial charge in [0.2, 0.25) is 11.8 Å². The summed E-state index contributed by atoms with van der Waals surface area (Å²) in [5.41, 5.74) is 0. The van der Waals surface area contributed by atoms with Gasteiger partial charge in [-0.15, -0.1) is 0 Å². The van der Waals surface area contributed by atoms with Crippen molar-refractivity contribution in [1.82, 2.24) is 10.6 Å². The highest BCUT2D eigenvalue weighted by Crippen LogP contribution is 2.23. The van der Waals surface area contributed by atoms with Gasteiger partial charge >= 0.3 is 11.9 Å². The molecular formula is C18H30N2O6S2Si. The van der Waals surface area contributed by atoms with Gasteiger partial charge in [0.05, 0.1) is 14.2 Å². The molecule has 2 amide bonds. The molecule has 0 aliphatic heterocycles. The third-order valence-corrected chi connectivity index (χ3v) is 7.22. The van der Waals surface area contributed by atoms with E-state index < -0.39 is 38.0 Å². The molecule has 164 valence electrons. The molecule has 2 N–H and O–H groups in total. The zero-order valence-corrected chi connectivity index (χ0v) is 20.1. The van der Waals surface area contributed by atoms with Crippen LogP contribution < -0.4 is 10.6 Å². The van der Waals surface area contributed by atoms with E-state index in [2.05, 4.69) is 41.6 Å². The van der Waals surface area contributed by atoms with Gasteiger partial charge in [-0.2, -0.15) is 0 Å². The van der Waals surface area contributed by atoms with Gasteiger partial charge in [-0.25, -0.2) is 9.59 Å². The molecule has 0 bridgehead atoms. The minimum atomic E-state index is -1.30. The van der Waals surface area contributed by atoms with E-state index in [1.54, 1.807) is 0 Å². The molecule has 0 spiro atoms. The van der Waals surface area contributed by atoms with Crippen LogP contribution in [0, 0.1) is 0 Å². The van der Waals surface area contributed by atoms with Gasteiger partial charge in [0, 0.05) is 19.6 Å². The summed E-state index contributed by atoms with van der Waals surface area (Å²) >= 11 is 0. The van der Waals surface area contributed by atoms with Crippen LogP contribution >= 0.6 is 21.6 Å². The van der Waals surface area contributed by atoms with Crippen molar-refractivity contribution in [2.75, 3.05) is 25.7 Å². The van der Waals surface area contributed by atoms with Crippen molar-refractivity contribution >= 4 is 53.4 Å². The molecule has 0 heterocycles. The molecular weight excluding hydrogens is 432 g/mol. The number of amides is 2. The highest BCUT2D eigenvalue weighted by Gasteiger charge is 2.23. The van der Waals surface area contributed by atoms with Gasteiger partial charge in [0.15, 0.2) is 0 Å². The molecule has 11 heteroatoms. The van der Waals surface area contributed by atoms with Crippen molar-refractivity contribution in [2.24, 2.45) is 0 Å². The summed E-state index contributed by atoms with van der Waals surface area (Å²) in [7, 11) is 3.70. The number of nitrogens with one attached hydrogen (secondary N) is 2. The Morgan fingerprint density at radius 1 is 0.931 bits per heavy atom. The summed E-state index contributed by atoms with van der Waals surface area (Å²) in [6, 6.07) is -0.821. The fraction of sp³-hybridized carbons (Fsp3) is 0.556. The zero-order chi connectivity index (χ0) is 22.4. The third-order valence-electron chi connectivity index (χ3n) is 3.34. The first-order chi connectivity index (χ1) is 13.5. The summed E-state index contributed by atoms with van der Waals surface area (Å²) in [6.45, 7) is 9.92. The standard InChI is InChI=1S/C18H30N2O6S2Si/c1-7-15(21)19-13(17(23)25-2)11-27-28-12-14(18(24)26-3)20-16(22)9-8-10-29(4,5)6/h7-9,13-14H,1,10-12H2,2-6H3,(H,19,21)(H,20,22)/b9-8+/t13-,14-/m0/s1. The molecule has 0 aromatic carbocycles. The lowest BCUT2D eigenvalue weighted by atomic mass is 10.3. The summed E-state index contributed by atoms with van der Waals surface area (Å²) < 4.78 is 9.40. The second-order valence-electron chi connectivity index (χ2n) is 7.11.